The van der Waals surface area contributed by atoms with Crippen molar-refractivity contribution >= 4 is 27.5 Å². The molecule has 4 aromatic rings. The average Bonchev–Trinajstić information content (AvgIpc) is 3.40. The quantitative estimate of drug-likeness (QED) is 0.541. The Kier molecular flexibility index (Phi) is 4.71. The van der Waals surface area contributed by atoms with Gasteiger partial charge in [0.05, 0.1) is 5.56 Å². The number of aryl methyl sites for hydroxylation is 1. The van der Waals surface area contributed by atoms with Crippen LogP contribution in [0, 0.1) is 11.3 Å². The normalized spacial score (nSPS) is 15.2. The first kappa shape index (κ1) is 17.8. The first-order valence-corrected chi connectivity index (χ1v) is 10.4. The Morgan fingerprint density at radius 3 is 2.66 bits per heavy atom. The molecular weight excluding hydrogens is 358 g/mol. The molecule has 0 unspecified atom stereocenters. The zero-order valence-corrected chi connectivity index (χ0v) is 16.5. The highest BCUT2D eigenvalue weighted by Crippen LogP contribution is 2.27. The van der Waals surface area contributed by atoms with Crippen molar-refractivity contribution in [3.8, 4) is 6.07 Å². The topological polar surface area (TPSA) is 61.9 Å². The van der Waals surface area contributed by atoms with Gasteiger partial charge in [-0.05, 0) is 55.3 Å². The van der Waals surface area contributed by atoms with Crippen molar-refractivity contribution in [2.24, 2.45) is 0 Å². The number of benzene rings is 2. The lowest BCUT2D eigenvalue weighted by molar-refractivity contribution is 0.255. The molecule has 2 aromatic heterocycles. The van der Waals surface area contributed by atoms with Gasteiger partial charge in [-0.3, -0.25) is 4.90 Å². The van der Waals surface area contributed by atoms with Crippen LogP contribution in [0.4, 0.5) is 5.69 Å². The Bertz CT molecular complexity index is 1170. The fourth-order valence-electron chi connectivity index (χ4n) is 4.48. The molecule has 5 rings (SSSR count). The highest BCUT2D eigenvalue weighted by molar-refractivity contribution is 5.92. The predicted octanol–water partition coefficient (Wildman–Crippen LogP) is 4.28. The van der Waals surface area contributed by atoms with E-state index in [0.29, 0.717) is 0 Å². The molecule has 146 valence electrons. The molecule has 2 N–H and O–H groups in total. The number of fused-ring (bicyclic) bond motifs is 2. The molecule has 0 aliphatic carbocycles. The molecule has 0 saturated carbocycles. The molecule has 1 saturated heterocycles. The summed E-state index contributed by atoms with van der Waals surface area (Å²) in [5.74, 6) is 0. The van der Waals surface area contributed by atoms with Crippen LogP contribution in [0.2, 0.25) is 0 Å². The minimum absolute atomic E-state index is 0.732. The number of hydrogen-bond acceptors (Lipinski definition) is 3. The second kappa shape index (κ2) is 7.65. The molecule has 1 aliphatic heterocycles. The average molecular weight is 383 g/mol. The number of aromatic nitrogens is 2. The van der Waals surface area contributed by atoms with Gasteiger partial charge >= 0.3 is 0 Å². The SMILES string of the molecule is N#Cc1c[nH]c2ccc(CCCN3CCN(c4cccc5[nH]ccc45)CC3)cc12. The van der Waals surface area contributed by atoms with Gasteiger partial charge in [-0.15, -0.1) is 0 Å². The highest BCUT2D eigenvalue weighted by atomic mass is 15.3. The lowest BCUT2D eigenvalue weighted by Crippen LogP contribution is -2.46. The Hall–Kier alpha value is -3.23. The van der Waals surface area contributed by atoms with Crippen molar-refractivity contribution in [2.45, 2.75) is 12.8 Å². The number of H-pyrrole nitrogens is 2. The summed E-state index contributed by atoms with van der Waals surface area (Å²) < 4.78 is 0. The van der Waals surface area contributed by atoms with E-state index in [9.17, 15) is 5.26 Å². The van der Waals surface area contributed by atoms with E-state index in [-0.39, 0.29) is 0 Å². The third-order valence-corrected chi connectivity index (χ3v) is 6.09. The van der Waals surface area contributed by atoms with E-state index in [4.69, 9.17) is 0 Å². The lowest BCUT2D eigenvalue weighted by Gasteiger charge is -2.36. The Balaban J connectivity index is 1.16. The van der Waals surface area contributed by atoms with Gasteiger partial charge in [0.2, 0.25) is 0 Å². The molecule has 1 aliphatic rings. The van der Waals surface area contributed by atoms with Crippen LogP contribution in [0.5, 0.6) is 0 Å². The largest absolute Gasteiger partial charge is 0.368 e. The monoisotopic (exact) mass is 383 g/mol. The van der Waals surface area contributed by atoms with E-state index in [1.54, 1.807) is 6.20 Å². The second-order valence-corrected chi connectivity index (χ2v) is 7.84. The summed E-state index contributed by atoms with van der Waals surface area (Å²) in [6.45, 7) is 5.49. The molecule has 0 bridgehead atoms. The number of nitrogens with one attached hydrogen (secondary N) is 2. The van der Waals surface area contributed by atoms with Gasteiger partial charge in [-0.25, -0.2) is 0 Å². The maximum Gasteiger partial charge on any atom is 0.101 e. The number of piperazine rings is 1. The van der Waals surface area contributed by atoms with Gasteiger partial charge in [-0.1, -0.05) is 12.1 Å². The third-order valence-electron chi connectivity index (χ3n) is 6.09. The standard InChI is InChI=1S/C24H25N5/c25-16-19-17-27-23-7-6-18(15-21(19)23)3-2-10-28-11-13-29(14-12-28)24-5-1-4-22-20(24)8-9-26-22/h1,4-9,15,17,26-27H,2-3,10-14H2. The van der Waals surface area contributed by atoms with E-state index in [0.717, 1.165) is 62.0 Å². The number of anilines is 1. The number of rotatable bonds is 5. The summed E-state index contributed by atoms with van der Waals surface area (Å²) in [6.07, 6.45) is 6.01. The highest BCUT2D eigenvalue weighted by Gasteiger charge is 2.18. The van der Waals surface area contributed by atoms with E-state index >= 15 is 0 Å². The molecular formula is C24H25N5. The van der Waals surface area contributed by atoms with Crippen molar-refractivity contribution in [2.75, 3.05) is 37.6 Å². The number of hydrogen-bond donors (Lipinski definition) is 2. The maximum atomic E-state index is 9.23. The molecule has 0 spiro atoms. The van der Waals surface area contributed by atoms with Gasteiger partial charge in [0.25, 0.3) is 0 Å². The predicted molar refractivity (Wildman–Crippen MR) is 118 cm³/mol. The fraction of sp³-hybridized carbons (Fsp3) is 0.292. The zero-order chi connectivity index (χ0) is 19.6. The molecule has 1 fully saturated rings. The van der Waals surface area contributed by atoms with Crippen molar-refractivity contribution in [3.63, 3.8) is 0 Å². The van der Waals surface area contributed by atoms with Crippen LogP contribution in [0.1, 0.15) is 17.5 Å². The molecule has 29 heavy (non-hydrogen) atoms. The second-order valence-electron chi connectivity index (χ2n) is 7.84. The van der Waals surface area contributed by atoms with Crippen LogP contribution in [0.25, 0.3) is 21.8 Å². The summed E-state index contributed by atoms with van der Waals surface area (Å²) in [6, 6.07) is 17.4. The van der Waals surface area contributed by atoms with E-state index in [2.05, 4.69) is 68.3 Å². The van der Waals surface area contributed by atoms with Crippen LogP contribution in [-0.2, 0) is 6.42 Å². The Labute approximate surface area is 170 Å². The van der Waals surface area contributed by atoms with E-state index in [1.165, 1.54) is 22.2 Å². The number of aromatic amines is 2. The van der Waals surface area contributed by atoms with Crippen LogP contribution >= 0.6 is 0 Å². The van der Waals surface area contributed by atoms with Crippen LogP contribution in [-0.4, -0.2) is 47.6 Å². The Morgan fingerprint density at radius 2 is 1.79 bits per heavy atom. The molecule has 0 radical (unpaired) electrons. The summed E-state index contributed by atoms with van der Waals surface area (Å²) >= 11 is 0. The molecule has 5 heteroatoms. The molecule has 2 aromatic carbocycles. The minimum Gasteiger partial charge on any atom is -0.368 e. The van der Waals surface area contributed by atoms with Gasteiger partial charge in [0.15, 0.2) is 0 Å². The summed E-state index contributed by atoms with van der Waals surface area (Å²) in [5, 5.41) is 11.6. The van der Waals surface area contributed by atoms with Gasteiger partial charge in [0, 0.05) is 66.1 Å². The van der Waals surface area contributed by atoms with Crippen LogP contribution in [0.3, 0.4) is 0 Å². The molecule has 5 nitrogen and oxygen atoms in total. The van der Waals surface area contributed by atoms with Crippen molar-refractivity contribution in [1.82, 2.24) is 14.9 Å². The van der Waals surface area contributed by atoms with Gasteiger partial charge in [-0.2, -0.15) is 5.26 Å². The first-order valence-electron chi connectivity index (χ1n) is 10.4. The summed E-state index contributed by atoms with van der Waals surface area (Å²) in [7, 11) is 0. The van der Waals surface area contributed by atoms with Crippen LogP contribution in [0.15, 0.2) is 54.9 Å². The fourth-order valence-corrected chi connectivity index (χ4v) is 4.48. The smallest absolute Gasteiger partial charge is 0.101 e. The summed E-state index contributed by atoms with van der Waals surface area (Å²) in [4.78, 5) is 11.6. The maximum absolute atomic E-state index is 9.23. The van der Waals surface area contributed by atoms with E-state index in [1.807, 2.05) is 6.20 Å². The Morgan fingerprint density at radius 1 is 0.931 bits per heavy atom. The van der Waals surface area contributed by atoms with Crippen molar-refractivity contribution in [3.05, 3.63) is 66.0 Å². The number of nitrogens with zero attached hydrogens (tertiary/aromatic N) is 3. The van der Waals surface area contributed by atoms with Crippen LogP contribution < -0.4 is 4.90 Å². The zero-order valence-electron chi connectivity index (χ0n) is 16.5. The minimum atomic E-state index is 0.732. The summed E-state index contributed by atoms with van der Waals surface area (Å²) in [5.41, 5.74) is 5.64. The molecule has 0 atom stereocenters. The third kappa shape index (κ3) is 3.48. The van der Waals surface area contributed by atoms with E-state index < -0.39 is 0 Å². The van der Waals surface area contributed by atoms with Gasteiger partial charge < -0.3 is 14.9 Å². The van der Waals surface area contributed by atoms with Crippen molar-refractivity contribution in [1.29, 1.82) is 5.26 Å². The lowest BCUT2D eigenvalue weighted by atomic mass is 10.1. The molecule has 0 amide bonds. The molecule has 3 heterocycles. The first-order chi connectivity index (χ1) is 14.3. The number of nitriles is 1. The van der Waals surface area contributed by atoms with Gasteiger partial charge in [0.1, 0.15) is 6.07 Å². The van der Waals surface area contributed by atoms with Crippen molar-refractivity contribution < 1.29 is 0 Å².